The molecule has 7 heterocycles. The number of nitriles is 1. The molecule has 312 valence electrons. The summed E-state index contributed by atoms with van der Waals surface area (Å²) in [7, 11) is 0. The Morgan fingerprint density at radius 3 is 2.27 bits per heavy atom. The fourth-order valence-electron chi connectivity index (χ4n) is 10.3. The maximum absolute atomic E-state index is 15.5. The van der Waals surface area contributed by atoms with Gasteiger partial charge in [-0.1, -0.05) is 11.6 Å². The van der Waals surface area contributed by atoms with Crippen LogP contribution in [-0.4, -0.2) is 131 Å². The van der Waals surface area contributed by atoms with Crippen molar-refractivity contribution < 1.29 is 28.4 Å². The van der Waals surface area contributed by atoms with Crippen molar-refractivity contribution in [1.29, 1.82) is 5.26 Å². The lowest BCUT2D eigenvalue weighted by atomic mass is 9.77. The molecule has 1 spiro atoms. The SMILES string of the molecule is C[C@H]1CC2(CCN(c3cnc(C(=O)N4CCC(N5CCN(c6cc7c(cc6F)C(=O)N(C6CCC(=O)NC6=O)C7=O)CC5)CC4)cn3)CC2)CN1c1ccc(C#N)c(Cl)c1. The van der Waals surface area contributed by atoms with Gasteiger partial charge in [0, 0.05) is 83.1 Å². The summed E-state index contributed by atoms with van der Waals surface area (Å²) in [6, 6.07) is 9.82. The lowest BCUT2D eigenvalue weighted by Crippen LogP contribution is -2.54. The van der Waals surface area contributed by atoms with E-state index in [4.69, 9.17) is 11.6 Å². The predicted molar refractivity (Wildman–Crippen MR) is 219 cm³/mol. The van der Waals surface area contributed by atoms with Gasteiger partial charge in [0.1, 0.15) is 29.4 Å². The summed E-state index contributed by atoms with van der Waals surface area (Å²) < 4.78 is 15.5. The zero-order chi connectivity index (χ0) is 41.9. The summed E-state index contributed by atoms with van der Waals surface area (Å²) in [6.07, 6.45) is 8.05. The summed E-state index contributed by atoms with van der Waals surface area (Å²) >= 11 is 6.36. The molecule has 5 amide bonds. The highest BCUT2D eigenvalue weighted by Crippen LogP contribution is 2.46. The topological polar surface area (TPSA) is 166 Å². The first kappa shape index (κ1) is 39.8. The normalized spacial score (nSPS) is 23.7. The Kier molecular flexibility index (Phi) is 10.4. The van der Waals surface area contributed by atoms with Gasteiger partial charge in [-0.15, -0.1) is 0 Å². The minimum Gasteiger partial charge on any atom is -0.368 e. The lowest BCUT2D eigenvalue weighted by Gasteiger charge is -2.43. The van der Waals surface area contributed by atoms with Crippen LogP contribution in [-0.2, 0) is 9.59 Å². The van der Waals surface area contributed by atoms with Crippen LogP contribution >= 0.6 is 11.6 Å². The Balaban J connectivity index is 0.745. The number of nitrogens with zero attached hydrogens (tertiary/aromatic N) is 9. The standard InChI is InChI=1S/C43H46ClFN10O5/c1-26-21-43(25-54(26)29-3-2-27(22-46)32(44)18-29)8-12-52(13-9-43)37-24-47-34(23-48-37)42(60)53-10-6-28(7-11-53)50-14-16-51(17-15-50)36-20-31-30(19-33(36)45)40(58)55(41(31)59)35-4-5-38(56)49-39(35)57/h2-3,18-20,23-24,26,28,35H,4-17,21,25H2,1H3,(H,49,56,57)/t26-,35?/m0/s1. The number of carbonyl (C=O) groups is 5. The van der Waals surface area contributed by atoms with E-state index in [1.54, 1.807) is 18.5 Å². The molecule has 5 fully saturated rings. The summed E-state index contributed by atoms with van der Waals surface area (Å²) in [5.41, 5.74) is 2.26. The number of halogens is 2. The molecule has 3 aromatic rings. The van der Waals surface area contributed by atoms with E-state index in [0.717, 1.165) is 74.2 Å². The molecule has 2 atom stereocenters. The number of piperidine rings is 3. The van der Waals surface area contributed by atoms with E-state index in [1.807, 2.05) is 21.9 Å². The van der Waals surface area contributed by atoms with Crippen molar-refractivity contribution in [2.45, 2.75) is 70.0 Å². The molecular weight excluding hydrogens is 791 g/mol. The van der Waals surface area contributed by atoms with Crippen LogP contribution in [0, 0.1) is 22.6 Å². The highest BCUT2D eigenvalue weighted by atomic mass is 35.5. The van der Waals surface area contributed by atoms with Crippen molar-refractivity contribution in [3.05, 3.63) is 75.9 Å². The third-order valence-corrected chi connectivity index (χ3v) is 13.9. The molecule has 0 bridgehead atoms. The highest BCUT2D eigenvalue weighted by Gasteiger charge is 2.46. The quantitative estimate of drug-likeness (QED) is 0.357. The van der Waals surface area contributed by atoms with Gasteiger partial charge in [-0.2, -0.15) is 5.26 Å². The van der Waals surface area contributed by atoms with Gasteiger partial charge in [0.05, 0.1) is 39.8 Å². The molecule has 1 unspecified atom stereocenters. The average Bonchev–Trinajstić information content (AvgIpc) is 3.70. The maximum atomic E-state index is 15.5. The molecule has 0 aliphatic carbocycles. The van der Waals surface area contributed by atoms with Crippen molar-refractivity contribution in [2.75, 3.05) is 73.6 Å². The van der Waals surface area contributed by atoms with Gasteiger partial charge in [0.25, 0.3) is 17.7 Å². The lowest BCUT2D eigenvalue weighted by molar-refractivity contribution is -0.136. The molecule has 5 saturated heterocycles. The van der Waals surface area contributed by atoms with Crippen molar-refractivity contribution >= 4 is 58.3 Å². The number of carbonyl (C=O) groups excluding carboxylic acids is 5. The van der Waals surface area contributed by atoms with E-state index < -0.39 is 35.5 Å². The number of hydrogen-bond donors (Lipinski definition) is 1. The van der Waals surface area contributed by atoms with Gasteiger partial charge in [0.2, 0.25) is 11.8 Å². The number of nitrogens with one attached hydrogen (secondary N) is 1. The number of piperazine rings is 1. The maximum Gasteiger partial charge on any atom is 0.274 e. The summed E-state index contributed by atoms with van der Waals surface area (Å²) in [4.78, 5) is 84.9. The first-order valence-electron chi connectivity index (χ1n) is 20.8. The zero-order valence-corrected chi connectivity index (χ0v) is 34.2. The predicted octanol–water partition coefficient (Wildman–Crippen LogP) is 3.85. The Labute approximate surface area is 352 Å². The van der Waals surface area contributed by atoms with Crippen LogP contribution < -0.4 is 20.0 Å². The van der Waals surface area contributed by atoms with Gasteiger partial charge >= 0.3 is 0 Å². The number of amides is 5. The number of imide groups is 2. The van der Waals surface area contributed by atoms with Crippen LogP contribution in [0.15, 0.2) is 42.7 Å². The summed E-state index contributed by atoms with van der Waals surface area (Å²) in [5, 5.41) is 11.9. The number of hydrogen-bond acceptors (Lipinski definition) is 12. The van der Waals surface area contributed by atoms with Gasteiger partial charge in [0.15, 0.2) is 0 Å². The molecule has 0 radical (unpaired) electrons. The molecule has 2 aromatic carbocycles. The van der Waals surface area contributed by atoms with Crippen LogP contribution in [0.2, 0.25) is 5.02 Å². The summed E-state index contributed by atoms with van der Waals surface area (Å²) in [6.45, 7) is 8.43. The van der Waals surface area contributed by atoms with E-state index in [1.165, 1.54) is 6.07 Å². The third kappa shape index (κ3) is 7.21. The molecule has 9 rings (SSSR count). The molecular formula is C43H46ClFN10O5. The Morgan fingerprint density at radius 1 is 0.900 bits per heavy atom. The van der Waals surface area contributed by atoms with Crippen molar-refractivity contribution in [2.24, 2.45) is 5.41 Å². The van der Waals surface area contributed by atoms with Gasteiger partial charge in [-0.05, 0) is 81.2 Å². The number of fused-ring (bicyclic) bond motifs is 1. The van der Waals surface area contributed by atoms with Crippen molar-refractivity contribution in [1.82, 2.24) is 30.0 Å². The second-order valence-corrected chi connectivity index (χ2v) is 17.5. The van der Waals surface area contributed by atoms with E-state index in [2.05, 4.69) is 43.0 Å². The van der Waals surface area contributed by atoms with Gasteiger partial charge < -0.3 is 19.6 Å². The number of aromatic nitrogens is 2. The Bertz CT molecular complexity index is 2300. The van der Waals surface area contributed by atoms with Crippen molar-refractivity contribution in [3.63, 3.8) is 0 Å². The van der Waals surface area contributed by atoms with E-state index in [-0.39, 0.29) is 47.0 Å². The van der Waals surface area contributed by atoms with Crippen LogP contribution in [0.25, 0.3) is 0 Å². The number of anilines is 3. The molecule has 15 nitrogen and oxygen atoms in total. The summed E-state index contributed by atoms with van der Waals surface area (Å²) in [5.74, 6) is -2.54. The molecule has 1 aromatic heterocycles. The van der Waals surface area contributed by atoms with E-state index >= 15 is 4.39 Å². The van der Waals surface area contributed by atoms with Crippen LogP contribution in [0.4, 0.5) is 21.6 Å². The minimum atomic E-state index is -1.11. The van der Waals surface area contributed by atoms with Crippen LogP contribution in [0.1, 0.15) is 88.6 Å². The minimum absolute atomic E-state index is 0.00749. The molecule has 60 heavy (non-hydrogen) atoms. The Hall–Kier alpha value is -5.66. The Morgan fingerprint density at radius 2 is 1.62 bits per heavy atom. The second kappa shape index (κ2) is 15.7. The second-order valence-electron chi connectivity index (χ2n) is 17.0. The monoisotopic (exact) mass is 836 g/mol. The van der Waals surface area contributed by atoms with Crippen LogP contribution in [0.3, 0.4) is 0 Å². The number of likely N-dealkylation sites (tertiary alicyclic amines) is 1. The molecule has 17 heteroatoms. The fraction of sp³-hybridized carbons (Fsp3) is 0.488. The molecule has 6 aliphatic heterocycles. The van der Waals surface area contributed by atoms with Gasteiger partial charge in [-0.25, -0.2) is 14.4 Å². The van der Waals surface area contributed by atoms with Crippen molar-refractivity contribution in [3.8, 4) is 6.07 Å². The van der Waals surface area contributed by atoms with Crippen LogP contribution in [0.5, 0.6) is 0 Å². The van der Waals surface area contributed by atoms with E-state index in [0.29, 0.717) is 61.6 Å². The fourth-order valence-corrected chi connectivity index (χ4v) is 10.5. The first-order chi connectivity index (χ1) is 28.9. The smallest absolute Gasteiger partial charge is 0.274 e. The number of rotatable bonds is 6. The molecule has 1 N–H and O–H groups in total. The average molecular weight is 837 g/mol. The largest absolute Gasteiger partial charge is 0.368 e. The van der Waals surface area contributed by atoms with Gasteiger partial charge in [-0.3, -0.25) is 39.1 Å². The number of benzene rings is 2. The highest BCUT2D eigenvalue weighted by molar-refractivity contribution is 6.32. The first-order valence-corrected chi connectivity index (χ1v) is 21.2. The molecule has 6 aliphatic rings. The molecule has 0 saturated carbocycles. The zero-order valence-electron chi connectivity index (χ0n) is 33.4. The van der Waals surface area contributed by atoms with E-state index in [9.17, 15) is 29.2 Å². The third-order valence-electron chi connectivity index (χ3n) is 13.6.